The van der Waals surface area contributed by atoms with Crippen LogP contribution in [-0.4, -0.2) is 12.3 Å². The maximum absolute atomic E-state index is 12.1. The summed E-state index contributed by atoms with van der Waals surface area (Å²) in [5, 5.41) is 0. The Bertz CT molecular complexity index is 346. The summed E-state index contributed by atoms with van der Waals surface area (Å²) in [5.74, 6) is 0.268. The zero-order valence-electron chi connectivity index (χ0n) is 8.38. The third-order valence-electron chi connectivity index (χ3n) is 3.15. The maximum Gasteiger partial charge on any atom is 0.180 e. The van der Waals surface area contributed by atoms with E-state index in [9.17, 15) is 4.79 Å². The zero-order chi connectivity index (χ0) is 10.2. The monoisotopic (exact) mass is 209 g/mol. The van der Waals surface area contributed by atoms with E-state index in [1.54, 1.807) is 11.3 Å². The van der Waals surface area contributed by atoms with Gasteiger partial charge in [0.25, 0.3) is 0 Å². The van der Waals surface area contributed by atoms with Crippen LogP contribution >= 0.6 is 11.3 Å². The molecular weight excluding hydrogens is 194 g/mol. The van der Waals surface area contributed by atoms with E-state index in [0.29, 0.717) is 6.54 Å². The first kappa shape index (κ1) is 9.87. The number of carbonyl (C=O) groups excluding carboxylic acids is 1. The lowest BCUT2D eigenvalue weighted by molar-refractivity contribution is 0.0641. The Kier molecular flexibility index (Phi) is 2.45. The Balaban J connectivity index is 2.23. The Labute approximate surface area is 88.1 Å². The Morgan fingerprint density at radius 2 is 2.29 bits per heavy atom. The summed E-state index contributed by atoms with van der Waals surface area (Å²) < 4.78 is 0. The van der Waals surface area contributed by atoms with E-state index >= 15 is 0 Å². The Hall–Kier alpha value is -0.670. The van der Waals surface area contributed by atoms with Gasteiger partial charge in [-0.25, -0.2) is 0 Å². The Morgan fingerprint density at radius 1 is 1.57 bits per heavy atom. The van der Waals surface area contributed by atoms with Crippen molar-refractivity contribution in [1.82, 2.24) is 0 Å². The highest BCUT2D eigenvalue weighted by Gasteiger charge is 2.43. The SMILES string of the molecule is Cc1ccc(C(=O)C2(CN)CCC2)s1. The molecule has 1 saturated carbocycles. The van der Waals surface area contributed by atoms with Gasteiger partial charge in [-0.05, 0) is 31.9 Å². The van der Waals surface area contributed by atoms with Gasteiger partial charge in [0.2, 0.25) is 0 Å². The van der Waals surface area contributed by atoms with Gasteiger partial charge in [0.1, 0.15) is 0 Å². The highest BCUT2D eigenvalue weighted by Crippen LogP contribution is 2.43. The summed E-state index contributed by atoms with van der Waals surface area (Å²) in [6.07, 6.45) is 3.09. The standard InChI is InChI=1S/C11H15NOS/c1-8-3-4-9(14-8)10(13)11(7-12)5-2-6-11/h3-4H,2,5-7,12H2,1H3. The fourth-order valence-electron chi connectivity index (χ4n) is 1.95. The summed E-state index contributed by atoms with van der Waals surface area (Å²) in [6.45, 7) is 2.53. The number of hydrogen-bond donors (Lipinski definition) is 1. The lowest BCUT2D eigenvalue weighted by atomic mass is 9.66. The van der Waals surface area contributed by atoms with Crippen LogP contribution in [0.25, 0.3) is 0 Å². The van der Waals surface area contributed by atoms with E-state index in [4.69, 9.17) is 5.73 Å². The molecule has 0 atom stereocenters. The molecule has 0 amide bonds. The van der Waals surface area contributed by atoms with Gasteiger partial charge in [-0.15, -0.1) is 11.3 Å². The van der Waals surface area contributed by atoms with E-state index in [1.165, 1.54) is 4.88 Å². The number of nitrogens with two attached hydrogens (primary N) is 1. The van der Waals surface area contributed by atoms with Crippen molar-refractivity contribution in [2.75, 3.05) is 6.54 Å². The molecule has 1 heterocycles. The average molecular weight is 209 g/mol. The fraction of sp³-hybridized carbons (Fsp3) is 0.545. The van der Waals surface area contributed by atoms with Crippen molar-refractivity contribution >= 4 is 17.1 Å². The molecule has 2 nitrogen and oxygen atoms in total. The van der Waals surface area contributed by atoms with Crippen molar-refractivity contribution < 1.29 is 4.79 Å². The molecule has 0 aliphatic heterocycles. The van der Waals surface area contributed by atoms with Gasteiger partial charge in [-0.1, -0.05) is 6.42 Å². The van der Waals surface area contributed by atoms with Crippen molar-refractivity contribution in [3.05, 3.63) is 21.9 Å². The minimum atomic E-state index is -0.211. The molecule has 3 heteroatoms. The summed E-state index contributed by atoms with van der Waals surface area (Å²) in [5.41, 5.74) is 5.49. The zero-order valence-corrected chi connectivity index (χ0v) is 9.19. The topological polar surface area (TPSA) is 43.1 Å². The molecule has 0 radical (unpaired) electrons. The summed E-state index contributed by atoms with van der Waals surface area (Å²) in [6, 6.07) is 3.93. The number of Topliss-reactive ketones (excluding diaryl/α,β-unsaturated/α-hetero) is 1. The van der Waals surface area contributed by atoms with Gasteiger partial charge >= 0.3 is 0 Å². The first-order chi connectivity index (χ1) is 6.68. The lowest BCUT2D eigenvalue weighted by Gasteiger charge is -2.38. The molecule has 14 heavy (non-hydrogen) atoms. The lowest BCUT2D eigenvalue weighted by Crippen LogP contribution is -2.44. The molecule has 0 aromatic carbocycles. The van der Waals surface area contributed by atoms with E-state index in [-0.39, 0.29) is 11.2 Å². The van der Waals surface area contributed by atoms with Crippen LogP contribution in [0.5, 0.6) is 0 Å². The highest BCUT2D eigenvalue weighted by molar-refractivity contribution is 7.14. The van der Waals surface area contributed by atoms with Crippen LogP contribution in [0.1, 0.15) is 33.8 Å². The molecule has 1 aliphatic carbocycles. The van der Waals surface area contributed by atoms with Gasteiger partial charge in [-0.3, -0.25) is 4.79 Å². The van der Waals surface area contributed by atoms with Crippen molar-refractivity contribution in [3.63, 3.8) is 0 Å². The van der Waals surface area contributed by atoms with Crippen LogP contribution in [0.15, 0.2) is 12.1 Å². The van der Waals surface area contributed by atoms with Crippen LogP contribution in [0.3, 0.4) is 0 Å². The molecular formula is C11H15NOS. The van der Waals surface area contributed by atoms with Crippen molar-refractivity contribution in [2.45, 2.75) is 26.2 Å². The molecule has 2 rings (SSSR count). The third-order valence-corrected chi connectivity index (χ3v) is 4.15. The number of carbonyl (C=O) groups is 1. The first-order valence-corrected chi connectivity index (χ1v) is 5.81. The van der Waals surface area contributed by atoms with E-state index in [0.717, 1.165) is 24.1 Å². The number of thiophene rings is 1. The van der Waals surface area contributed by atoms with Crippen molar-refractivity contribution in [1.29, 1.82) is 0 Å². The van der Waals surface area contributed by atoms with Crippen LogP contribution in [0.2, 0.25) is 0 Å². The maximum atomic E-state index is 12.1. The third kappa shape index (κ3) is 1.41. The molecule has 1 aromatic rings. The molecule has 1 aromatic heterocycles. The molecule has 0 unspecified atom stereocenters. The number of aryl methyl sites for hydroxylation is 1. The second-order valence-electron chi connectivity index (χ2n) is 4.08. The van der Waals surface area contributed by atoms with Gasteiger partial charge in [0, 0.05) is 16.8 Å². The Morgan fingerprint density at radius 3 is 2.64 bits per heavy atom. The van der Waals surface area contributed by atoms with Crippen molar-refractivity contribution in [2.24, 2.45) is 11.1 Å². The van der Waals surface area contributed by atoms with Crippen LogP contribution in [-0.2, 0) is 0 Å². The molecule has 0 bridgehead atoms. The first-order valence-electron chi connectivity index (χ1n) is 4.99. The smallest absolute Gasteiger partial charge is 0.180 e. The normalized spacial score (nSPS) is 19.0. The molecule has 1 aliphatic rings. The summed E-state index contributed by atoms with van der Waals surface area (Å²) in [7, 11) is 0. The largest absolute Gasteiger partial charge is 0.329 e. The minimum Gasteiger partial charge on any atom is -0.329 e. The summed E-state index contributed by atoms with van der Waals surface area (Å²) in [4.78, 5) is 14.2. The van der Waals surface area contributed by atoms with E-state index in [1.807, 2.05) is 19.1 Å². The molecule has 2 N–H and O–H groups in total. The molecule has 1 fully saturated rings. The summed E-state index contributed by atoms with van der Waals surface area (Å²) >= 11 is 1.58. The predicted octanol–water partition coefficient (Wildman–Crippen LogP) is 2.37. The predicted molar refractivity (Wildman–Crippen MR) is 58.7 cm³/mol. The highest BCUT2D eigenvalue weighted by atomic mass is 32.1. The number of ketones is 1. The van der Waals surface area contributed by atoms with Crippen LogP contribution < -0.4 is 5.73 Å². The van der Waals surface area contributed by atoms with Gasteiger partial charge in [-0.2, -0.15) is 0 Å². The molecule has 76 valence electrons. The number of rotatable bonds is 3. The van der Waals surface area contributed by atoms with E-state index in [2.05, 4.69) is 0 Å². The van der Waals surface area contributed by atoms with Gasteiger partial charge in [0.05, 0.1) is 4.88 Å². The quantitative estimate of drug-likeness (QED) is 0.777. The van der Waals surface area contributed by atoms with Crippen LogP contribution in [0.4, 0.5) is 0 Å². The fourth-order valence-corrected chi connectivity index (χ4v) is 2.87. The number of hydrogen-bond acceptors (Lipinski definition) is 3. The van der Waals surface area contributed by atoms with Crippen LogP contribution in [0, 0.1) is 12.3 Å². The van der Waals surface area contributed by atoms with E-state index < -0.39 is 0 Å². The second-order valence-corrected chi connectivity index (χ2v) is 5.37. The van der Waals surface area contributed by atoms with Gasteiger partial charge in [0.15, 0.2) is 5.78 Å². The molecule has 0 spiro atoms. The minimum absolute atomic E-state index is 0.211. The van der Waals surface area contributed by atoms with Gasteiger partial charge < -0.3 is 5.73 Å². The average Bonchev–Trinajstić information content (AvgIpc) is 2.50. The van der Waals surface area contributed by atoms with Crippen molar-refractivity contribution in [3.8, 4) is 0 Å². The second kappa shape index (κ2) is 3.48. The molecule has 0 saturated heterocycles.